The largest absolute Gasteiger partial charge is 0.480 e. The van der Waals surface area contributed by atoms with Crippen molar-refractivity contribution in [3.05, 3.63) is 15.0 Å². The zero-order valence-electron chi connectivity index (χ0n) is 12.7. The van der Waals surface area contributed by atoms with Crippen molar-refractivity contribution in [1.82, 2.24) is 10.3 Å². The fourth-order valence-electron chi connectivity index (χ4n) is 1.55. The Balaban J connectivity index is 2.98. The Kier molecular flexibility index (Phi) is 7.10. The third kappa shape index (κ3) is 6.63. The second kappa shape index (κ2) is 8.37. The molecule has 2 atom stereocenters. The van der Waals surface area contributed by atoms with Gasteiger partial charge in [-0.05, 0) is 36.7 Å². The van der Waals surface area contributed by atoms with Crippen molar-refractivity contribution in [3.63, 3.8) is 0 Å². The quantitative estimate of drug-likeness (QED) is 0.663. The molecule has 0 radical (unpaired) electrons. The van der Waals surface area contributed by atoms with Gasteiger partial charge in [-0.1, -0.05) is 0 Å². The first kappa shape index (κ1) is 19.5. The first-order valence-electron chi connectivity index (χ1n) is 6.52. The molecule has 0 aliphatic carbocycles. The Morgan fingerprint density at radius 2 is 2.17 bits per heavy atom. The molecule has 1 aromatic heterocycles. The van der Waals surface area contributed by atoms with E-state index in [-0.39, 0.29) is 6.61 Å². The minimum absolute atomic E-state index is 0.308. The Morgan fingerprint density at radius 3 is 2.61 bits per heavy atom. The van der Waals surface area contributed by atoms with Crippen LogP contribution in [0.15, 0.2) is 9.98 Å². The molecule has 23 heavy (non-hydrogen) atoms. The third-order valence-electron chi connectivity index (χ3n) is 2.32. The Morgan fingerprint density at radius 1 is 1.52 bits per heavy atom. The number of carbonyl (C=O) groups is 3. The number of halogens is 1. The van der Waals surface area contributed by atoms with Crippen LogP contribution in [0.4, 0.5) is 4.79 Å². The van der Waals surface area contributed by atoms with Crippen molar-refractivity contribution in [1.29, 1.82) is 0 Å². The van der Waals surface area contributed by atoms with Crippen molar-refractivity contribution < 1.29 is 29.0 Å². The number of carboxylic acids is 1. The van der Waals surface area contributed by atoms with Gasteiger partial charge in [0.25, 0.3) is 0 Å². The van der Waals surface area contributed by atoms with Gasteiger partial charge in [-0.25, -0.2) is 14.6 Å². The van der Waals surface area contributed by atoms with E-state index in [9.17, 15) is 19.5 Å². The van der Waals surface area contributed by atoms with Crippen LogP contribution >= 0.6 is 27.3 Å². The molecule has 0 fully saturated rings. The Bertz CT molecular complexity index is 571. The van der Waals surface area contributed by atoms with E-state index in [1.807, 2.05) is 0 Å². The molecular formula is C13H17BrN2O6S. The lowest BCUT2D eigenvalue weighted by Gasteiger charge is -2.25. The summed E-state index contributed by atoms with van der Waals surface area (Å²) in [6, 6.07) is -1.46. The van der Waals surface area contributed by atoms with Gasteiger partial charge in [-0.2, -0.15) is 0 Å². The number of carbonyl (C=O) groups excluding carboxylic acids is 2. The van der Waals surface area contributed by atoms with Gasteiger partial charge < -0.3 is 24.7 Å². The van der Waals surface area contributed by atoms with Crippen LogP contribution in [0.1, 0.15) is 31.9 Å². The number of alkyl carbamates (subject to hydrolysis) is 1. The predicted octanol–water partition coefficient (Wildman–Crippen LogP) is 2.14. The van der Waals surface area contributed by atoms with E-state index in [1.54, 1.807) is 26.2 Å². The van der Waals surface area contributed by atoms with Crippen LogP contribution in [0.2, 0.25) is 0 Å². The highest BCUT2D eigenvalue weighted by molar-refractivity contribution is 9.10. The number of rotatable bonds is 7. The molecule has 0 unspecified atom stereocenters. The second-order valence-corrected chi connectivity index (χ2v) is 7.09. The minimum atomic E-state index is -1.46. The highest BCUT2D eigenvalue weighted by Crippen LogP contribution is 2.27. The van der Waals surface area contributed by atoms with Crippen molar-refractivity contribution in [3.8, 4) is 0 Å². The zero-order chi connectivity index (χ0) is 17.6. The summed E-state index contributed by atoms with van der Waals surface area (Å²) in [7, 11) is 0. The van der Waals surface area contributed by atoms with Crippen LogP contribution in [0.25, 0.3) is 0 Å². The third-order valence-corrected chi connectivity index (χ3v) is 3.94. The van der Waals surface area contributed by atoms with Gasteiger partial charge in [0.1, 0.15) is 34.2 Å². The highest BCUT2D eigenvalue weighted by atomic mass is 79.9. The number of amides is 1. The SMILES string of the molecule is CC(C)(C)OC(=O)N[C@H](C(=O)O)[C@H](OCC=O)c1nc(Br)cs1. The minimum Gasteiger partial charge on any atom is -0.480 e. The summed E-state index contributed by atoms with van der Waals surface area (Å²) < 4.78 is 10.8. The van der Waals surface area contributed by atoms with Crippen LogP contribution in [0.5, 0.6) is 0 Å². The molecule has 0 saturated carbocycles. The van der Waals surface area contributed by atoms with E-state index in [0.29, 0.717) is 15.9 Å². The van der Waals surface area contributed by atoms with E-state index in [1.165, 1.54) is 0 Å². The second-order valence-electron chi connectivity index (χ2n) is 5.39. The van der Waals surface area contributed by atoms with Crippen LogP contribution in [0.3, 0.4) is 0 Å². The number of carboxylic acid groups (broad SMARTS) is 1. The van der Waals surface area contributed by atoms with Crippen molar-refractivity contribution in [2.45, 2.75) is 38.5 Å². The summed E-state index contributed by atoms with van der Waals surface area (Å²) in [4.78, 5) is 38.0. The van der Waals surface area contributed by atoms with Gasteiger partial charge in [0.2, 0.25) is 0 Å². The molecule has 0 aliphatic heterocycles. The van der Waals surface area contributed by atoms with Crippen molar-refractivity contribution in [2.75, 3.05) is 6.61 Å². The Labute approximate surface area is 145 Å². The van der Waals surface area contributed by atoms with Crippen LogP contribution in [0, 0.1) is 0 Å². The molecule has 1 aromatic rings. The summed E-state index contributed by atoms with van der Waals surface area (Å²) in [5.74, 6) is -1.34. The number of nitrogens with zero attached hydrogens (tertiary/aromatic N) is 1. The molecule has 1 rings (SSSR count). The molecule has 0 aliphatic rings. The molecule has 2 N–H and O–H groups in total. The fourth-order valence-corrected chi connectivity index (χ4v) is 2.90. The van der Waals surface area contributed by atoms with Gasteiger partial charge in [0.15, 0.2) is 6.04 Å². The van der Waals surface area contributed by atoms with E-state index < -0.39 is 29.8 Å². The number of hydrogen-bond donors (Lipinski definition) is 2. The van der Waals surface area contributed by atoms with E-state index in [0.717, 1.165) is 11.3 Å². The normalized spacial score (nSPS) is 13.9. The topological polar surface area (TPSA) is 115 Å². The van der Waals surface area contributed by atoms with Crippen molar-refractivity contribution >= 4 is 45.6 Å². The first-order chi connectivity index (χ1) is 10.6. The maximum atomic E-state index is 11.8. The average molecular weight is 409 g/mol. The average Bonchev–Trinajstić information content (AvgIpc) is 2.82. The molecule has 1 heterocycles. The molecule has 1 amide bonds. The van der Waals surface area contributed by atoms with Crippen LogP contribution in [-0.2, 0) is 19.1 Å². The molecule has 0 aromatic carbocycles. The summed E-state index contributed by atoms with van der Waals surface area (Å²) in [5.41, 5.74) is -0.781. The fraction of sp³-hybridized carbons (Fsp3) is 0.538. The van der Waals surface area contributed by atoms with Gasteiger partial charge in [0, 0.05) is 5.38 Å². The lowest BCUT2D eigenvalue weighted by atomic mass is 10.1. The number of nitrogens with one attached hydrogen (secondary N) is 1. The molecule has 10 heteroatoms. The van der Waals surface area contributed by atoms with Crippen molar-refractivity contribution in [2.24, 2.45) is 0 Å². The molecule has 0 bridgehead atoms. The van der Waals surface area contributed by atoms with Gasteiger partial charge in [0.05, 0.1) is 0 Å². The molecule has 0 spiro atoms. The molecule has 128 valence electrons. The number of ether oxygens (including phenoxy) is 2. The van der Waals surface area contributed by atoms with E-state index in [4.69, 9.17) is 9.47 Å². The molecule has 0 saturated heterocycles. The smallest absolute Gasteiger partial charge is 0.408 e. The standard InChI is InChI=1S/C13H17BrN2O6S/c1-13(2,3)22-12(20)16-8(11(18)19)9(21-5-4-17)10-15-7(14)6-23-10/h4,6,8-9H,5H2,1-3H3,(H,16,20)(H,18,19)/t8-,9-/m0/s1. The van der Waals surface area contributed by atoms with Gasteiger partial charge in [-0.3, -0.25) is 0 Å². The maximum Gasteiger partial charge on any atom is 0.408 e. The van der Waals surface area contributed by atoms with Gasteiger partial charge in [-0.15, -0.1) is 11.3 Å². The monoisotopic (exact) mass is 408 g/mol. The number of aromatic nitrogens is 1. The highest BCUT2D eigenvalue weighted by Gasteiger charge is 2.35. The van der Waals surface area contributed by atoms with E-state index >= 15 is 0 Å². The Hall–Kier alpha value is -1.52. The summed E-state index contributed by atoms with van der Waals surface area (Å²) in [5, 5.41) is 13.6. The lowest BCUT2D eigenvalue weighted by Crippen LogP contribution is -2.47. The maximum absolute atomic E-state index is 11.8. The number of aliphatic carboxylic acids is 1. The summed E-state index contributed by atoms with van der Waals surface area (Å²) in [6.45, 7) is 4.63. The first-order valence-corrected chi connectivity index (χ1v) is 8.20. The number of aldehydes is 1. The molecule has 8 nitrogen and oxygen atoms in total. The van der Waals surface area contributed by atoms with E-state index in [2.05, 4.69) is 26.2 Å². The number of thiazole rings is 1. The zero-order valence-corrected chi connectivity index (χ0v) is 15.1. The summed E-state index contributed by atoms with van der Waals surface area (Å²) in [6.07, 6.45) is -1.54. The summed E-state index contributed by atoms with van der Waals surface area (Å²) >= 11 is 4.30. The number of hydrogen-bond acceptors (Lipinski definition) is 7. The van der Waals surface area contributed by atoms with Crippen LogP contribution in [-0.4, -0.2) is 46.7 Å². The van der Waals surface area contributed by atoms with Crippen LogP contribution < -0.4 is 5.32 Å². The predicted molar refractivity (Wildman–Crippen MR) is 85.4 cm³/mol. The molecular weight excluding hydrogens is 392 g/mol. The van der Waals surface area contributed by atoms with Gasteiger partial charge >= 0.3 is 12.1 Å². The lowest BCUT2D eigenvalue weighted by molar-refractivity contribution is -0.145.